The highest BCUT2D eigenvalue weighted by Gasteiger charge is 2.29. The van der Waals surface area contributed by atoms with Gasteiger partial charge in [0.1, 0.15) is 5.69 Å². The van der Waals surface area contributed by atoms with Gasteiger partial charge < -0.3 is 10.2 Å². The molecule has 1 aliphatic rings. The molecule has 160 valence electrons. The molecule has 0 aliphatic carbocycles. The van der Waals surface area contributed by atoms with Crippen molar-refractivity contribution in [2.45, 2.75) is 26.3 Å². The Morgan fingerprint density at radius 3 is 2.35 bits per heavy atom. The lowest BCUT2D eigenvalue weighted by atomic mass is 9.95. The van der Waals surface area contributed by atoms with E-state index in [9.17, 15) is 9.59 Å². The van der Waals surface area contributed by atoms with Crippen LogP contribution in [0.5, 0.6) is 0 Å². The fraction of sp³-hybridized carbons (Fsp3) is 0.320. The molecule has 6 heteroatoms. The predicted molar refractivity (Wildman–Crippen MR) is 121 cm³/mol. The summed E-state index contributed by atoms with van der Waals surface area (Å²) in [5.41, 5.74) is 4.54. The summed E-state index contributed by atoms with van der Waals surface area (Å²) in [5, 5.41) is 7.50. The zero-order valence-corrected chi connectivity index (χ0v) is 18.0. The minimum atomic E-state index is -0.0229. The summed E-state index contributed by atoms with van der Waals surface area (Å²) in [6, 6.07) is 18.2. The van der Waals surface area contributed by atoms with Gasteiger partial charge in [0, 0.05) is 37.8 Å². The summed E-state index contributed by atoms with van der Waals surface area (Å²) in [7, 11) is 1.66. The van der Waals surface area contributed by atoms with Gasteiger partial charge in [-0.2, -0.15) is 5.10 Å². The van der Waals surface area contributed by atoms with Crippen LogP contribution >= 0.6 is 0 Å². The molecule has 31 heavy (non-hydrogen) atoms. The van der Waals surface area contributed by atoms with E-state index in [4.69, 9.17) is 5.10 Å². The van der Waals surface area contributed by atoms with Gasteiger partial charge >= 0.3 is 0 Å². The Labute approximate surface area is 182 Å². The third kappa shape index (κ3) is 4.68. The zero-order valence-electron chi connectivity index (χ0n) is 18.0. The van der Waals surface area contributed by atoms with Crippen molar-refractivity contribution in [1.82, 2.24) is 20.0 Å². The average Bonchev–Trinajstić information content (AvgIpc) is 3.23. The normalized spacial score (nSPS) is 14.5. The molecule has 0 radical (unpaired) electrons. The van der Waals surface area contributed by atoms with Gasteiger partial charge in [-0.15, -0.1) is 0 Å². The lowest BCUT2D eigenvalue weighted by Gasteiger charge is -2.31. The maximum atomic E-state index is 13.4. The predicted octanol–water partition coefficient (Wildman–Crippen LogP) is 3.51. The van der Waals surface area contributed by atoms with Crippen LogP contribution in [0.1, 0.15) is 34.3 Å². The lowest BCUT2D eigenvalue weighted by Crippen LogP contribution is -2.42. The van der Waals surface area contributed by atoms with Gasteiger partial charge in [-0.05, 0) is 25.3 Å². The average molecular weight is 417 g/mol. The number of nitrogens with one attached hydrogen (secondary N) is 1. The van der Waals surface area contributed by atoms with Crippen molar-refractivity contribution < 1.29 is 9.59 Å². The van der Waals surface area contributed by atoms with E-state index in [1.54, 1.807) is 7.05 Å². The number of nitrogens with zero attached hydrogens (tertiary/aromatic N) is 3. The molecule has 4 rings (SSSR count). The first-order chi connectivity index (χ1) is 15.0. The van der Waals surface area contributed by atoms with E-state index in [2.05, 4.69) is 17.4 Å². The fourth-order valence-corrected chi connectivity index (χ4v) is 4.07. The van der Waals surface area contributed by atoms with Gasteiger partial charge in [0.15, 0.2) is 0 Å². The van der Waals surface area contributed by atoms with Crippen LogP contribution in [-0.4, -0.2) is 46.6 Å². The van der Waals surface area contributed by atoms with Crippen LogP contribution in [0.25, 0.3) is 11.3 Å². The van der Waals surface area contributed by atoms with Crippen molar-refractivity contribution >= 4 is 11.8 Å². The summed E-state index contributed by atoms with van der Waals surface area (Å²) in [6.45, 7) is 3.80. The van der Waals surface area contributed by atoms with Gasteiger partial charge in [-0.3, -0.25) is 14.3 Å². The van der Waals surface area contributed by atoms with E-state index in [0.717, 1.165) is 16.7 Å². The fourth-order valence-electron chi connectivity index (χ4n) is 4.07. The van der Waals surface area contributed by atoms with Crippen LogP contribution in [0.4, 0.5) is 0 Å². The lowest BCUT2D eigenvalue weighted by molar-refractivity contribution is -0.125. The molecule has 6 nitrogen and oxygen atoms in total. The van der Waals surface area contributed by atoms with E-state index in [-0.39, 0.29) is 17.7 Å². The van der Waals surface area contributed by atoms with E-state index < -0.39 is 0 Å². The minimum Gasteiger partial charge on any atom is -0.359 e. The number of carbonyl (C=O) groups is 2. The molecule has 0 saturated carbocycles. The standard InChI is InChI=1S/C25H28N4O2/c1-18-8-10-20(11-9-18)23-22(17-29(27-23)16-19-6-4-3-5-7-19)25(31)28-14-12-21(13-15-28)24(30)26-2/h3-11,17,21H,12-16H2,1-2H3,(H,26,30). The number of aromatic nitrogens is 2. The van der Waals surface area contributed by atoms with Gasteiger partial charge in [0.05, 0.1) is 12.1 Å². The largest absolute Gasteiger partial charge is 0.359 e. The van der Waals surface area contributed by atoms with Crippen LogP contribution in [0.15, 0.2) is 60.8 Å². The monoisotopic (exact) mass is 416 g/mol. The minimum absolute atomic E-state index is 0.0218. The first-order valence-corrected chi connectivity index (χ1v) is 10.7. The first kappa shape index (κ1) is 20.8. The molecule has 1 fully saturated rings. The van der Waals surface area contributed by atoms with Crippen molar-refractivity contribution in [2.24, 2.45) is 5.92 Å². The maximum Gasteiger partial charge on any atom is 0.257 e. The zero-order chi connectivity index (χ0) is 21.8. The van der Waals surface area contributed by atoms with Crippen LogP contribution in [0.2, 0.25) is 0 Å². The topological polar surface area (TPSA) is 67.2 Å². The highest BCUT2D eigenvalue weighted by atomic mass is 16.2. The molecule has 0 unspecified atom stereocenters. The third-order valence-corrected chi connectivity index (χ3v) is 5.90. The molecule has 2 heterocycles. The molecule has 1 aliphatic heterocycles. The Kier molecular flexibility index (Phi) is 6.16. The highest BCUT2D eigenvalue weighted by Crippen LogP contribution is 2.26. The summed E-state index contributed by atoms with van der Waals surface area (Å²) in [5.74, 6) is 0.0137. The Balaban J connectivity index is 1.61. The number of amides is 2. The second kappa shape index (κ2) is 9.16. The Morgan fingerprint density at radius 1 is 1.03 bits per heavy atom. The molecule has 1 saturated heterocycles. The number of aryl methyl sites for hydroxylation is 1. The molecule has 0 atom stereocenters. The number of carbonyl (C=O) groups excluding carboxylic acids is 2. The second-order valence-corrected chi connectivity index (χ2v) is 8.12. The number of hydrogen-bond acceptors (Lipinski definition) is 3. The molecular formula is C25H28N4O2. The number of likely N-dealkylation sites (tertiary alicyclic amines) is 1. The second-order valence-electron chi connectivity index (χ2n) is 8.12. The van der Waals surface area contributed by atoms with E-state index >= 15 is 0 Å². The summed E-state index contributed by atoms with van der Waals surface area (Å²) < 4.78 is 1.84. The molecule has 1 N–H and O–H groups in total. The number of hydrogen-bond donors (Lipinski definition) is 1. The van der Waals surface area contributed by atoms with Crippen LogP contribution in [0.3, 0.4) is 0 Å². The summed E-state index contributed by atoms with van der Waals surface area (Å²) >= 11 is 0. The van der Waals surface area contributed by atoms with E-state index in [1.165, 1.54) is 0 Å². The molecule has 2 amide bonds. The van der Waals surface area contributed by atoms with Crippen LogP contribution < -0.4 is 5.32 Å². The SMILES string of the molecule is CNC(=O)C1CCN(C(=O)c2cn(Cc3ccccc3)nc2-c2ccc(C)cc2)CC1. The van der Waals surface area contributed by atoms with E-state index in [1.807, 2.05) is 65.2 Å². The third-order valence-electron chi connectivity index (χ3n) is 5.90. The van der Waals surface area contributed by atoms with Crippen molar-refractivity contribution in [3.05, 3.63) is 77.5 Å². The first-order valence-electron chi connectivity index (χ1n) is 10.7. The van der Waals surface area contributed by atoms with Gasteiger partial charge in [-0.25, -0.2) is 0 Å². The Morgan fingerprint density at radius 2 is 1.71 bits per heavy atom. The Bertz CT molecular complexity index is 1050. The number of piperidine rings is 1. The van der Waals surface area contributed by atoms with Gasteiger partial charge in [0.2, 0.25) is 5.91 Å². The smallest absolute Gasteiger partial charge is 0.257 e. The van der Waals surface area contributed by atoms with E-state index in [0.29, 0.717) is 43.7 Å². The van der Waals surface area contributed by atoms with Crippen molar-refractivity contribution in [1.29, 1.82) is 0 Å². The van der Waals surface area contributed by atoms with Crippen LogP contribution in [0, 0.1) is 12.8 Å². The van der Waals surface area contributed by atoms with Crippen molar-refractivity contribution in [3.63, 3.8) is 0 Å². The van der Waals surface area contributed by atoms with Gasteiger partial charge in [0.25, 0.3) is 5.91 Å². The summed E-state index contributed by atoms with van der Waals surface area (Å²) in [4.78, 5) is 27.2. The summed E-state index contributed by atoms with van der Waals surface area (Å²) in [6.07, 6.45) is 3.22. The quantitative estimate of drug-likeness (QED) is 0.692. The molecular weight excluding hydrogens is 388 g/mol. The van der Waals surface area contributed by atoms with Crippen LogP contribution in [-0.2, 0) is 11.3 Å². The molecule has 3 aromatic rings. The molecule has 2 aromatic carbocycles. The molecule has 0 bridgehead atoms. The maximum absolute atomic E-state index is 13.4. The molecule has 0 spiro atoms. The number of benzene rings is 2. The van der Waals surface area contributed by atoms with Gasteiger partial charge in [-0.1, -0.05) is 60.2 Å². The van der Waals surface area contributed by atoms with Crippen molar-refractivity contribution in [2.75, 3.05) is 20.1 Å². The number of rotatable bonds is 5. The highest BCUT2D eigenvalue weighted by molar-refractivity contribution is 6.00. The Hall–Kier alpha value is -3.41. The molecule has 1 aromatic heterocycles. The van der Waals surface area contributed by atoms with Crippen molar-refractivity contribution in [3.8, 4) is 11.3 Å².